The van der Waals surface area contributed by atoms with Gasteiger partial charge in [-0.2, -0.15) is 0 Å². The van der Waals surface area contributed by atoms with Gasteiger partial charge in [0, 0.05) is 23.0 Å². The Morgan fingerprint density at radius 2 is 2.11 bits per heavy atom. The van der Waals surface area contributed by atoms with Gasteiger partial charge in [0.2, 0.25) is 0 Å². The van der Waals surface area contributed by atoms with Crippen molar-refractivity contribution in [1.29, 1.82) is 0 Å². The first kappa shape index (κ1) is 13.8. The molecule has 0 aromatic heterocycles. The van der Waals surface area contributed by atoms with Crippen molar-refractivity contribution in [2.45, 2.75) is 30.3 Å². The Kier molecular flexibility index (Phi) is 4.62. The van der Waals surface area contributed by atoms with Crippen LogP contribution in [0.5, 0.6) is 0 Å². The predicted molar refractivity (Wildman–Crippen MR) is 78.3 cm³/mol. The average Bonchev–Trinajstić information content (AvgIpc) is 2.40. The van der Waals surface area contributed by atoms with E-state index in [1.165, 1.54) is 5.56 Å². The van der Waals surface area contributed by atoms with E-state index in [-0.39, 0.29) is 5.78 Å². The second-order valence-electron chi connectivity index (χ2n) is 4.61. The van der Waals surface area contributed by atoms with Crippen molar-refractivity contribution in [2.75, 3.05) is 11.5 Å². The van der Waals surface area contributed by atoms with Crippen molar-refractivity contribution in [3.05, 3.63) is 35.9 Å². The van der Waals surface area contributed by atoms with Gasteiger partial charge < -0.3 is 0 Å². The largest absolute Gasteiger partial charge is 0.297 e. The maximum absolute atomic E-state index is 12.3. The van der Waals surface area contributed by atoms with Crippen molar-refractivity contribution in [1.82, 2.24) is 0 Å². The predicted octanol–water partition coefficient (Wildman–Crippen LogP) is 2.79. The third-order valence-corrected chi connectivity index (χ3v) is 7.21. The molecule has 4 heteroatoms. The standard InChI is InChI=1S/C14H18O2S2/c1-14(17-10-5-11-18(14)16)13(15)9-8-12-6-3-2-4-7-12/h2-4,6-7H,5,8-11H2,1H3/t14-,18+/m0/s1. The number of hydrogen-bond acceptors (Lipinski definition) is 3. The summed E-state index contributed by atoms with van der Waals surface area (Å²) in [6.45, 7) is 1.85. The van der Waals surface area contributed by atoms with Crippen LogP contribution in [0.25, 0.3) is 0 Å². The third kappa shape index (κ3) is 3.04. The second-order valence-corrected chi connectivity index (χ2v) is 8.29. The molecule has 98 valence electrons. The maximum atomic E-state index is 12.3. The molecule has 0 spiro atoms. The lowest BCUT2D eigenvalue weighted by molar-refractivity contribution is -0.119. The molecule has 0 N–H and O–H groups in total. The minimum Gasteiger partial charge on any atom is -0.297 e. The zero-order valence-electron chi connectivity index (χ0n) is 10.6. The number of thioether (sulfide) groups is 1. The van der Waals surface area contributed by atoms with E-state index in [9.17, 15) is 9.00 Å². The smallest absolute Gasteiger partial charge is 0.161 e. The van der Waals surface area contributed by atoms with Gasteiger partial charge in [-0.05, 0) is 31.1 Å². The van der Waals surface area contributed by atoms with Crippen molar-refractivity contribution >= 4 is 28.3 Å². The minimum atomic E-state index is -1.02. The Morgan fingerprint density at radius 3 is 2.78 bits per heavy atom. The lowest BCUT2D eigenvalue weighted by Crippen LogP contribution is -2.41. The van der Waals surface area contributed by atoms with E-state index in [4.69, 9.17) is 0 Å². The zero-order chi connectivity index (χ0) is 13.0. The first-order valence-electron chi connectivity index (χ1n) is 6.22. The molecule has 0 bridgehead atoms. The van der Waals surface area contributed by atoms with Crippen LogP contribution in [0.3, 0.4) is 0 Å². The van der Waals surface area contributed by atoms with Crippen LogP contribution in [0, 0.1) is 0 Å². The van der Waals surface area contributed by atoms with Crippen molar-refractivity contribution < 1.29 is 9.00 Å². The molecule has 2 rings (SSSR count). The van der Waals surface area contributed by atoms with Gasteiger partial charge in [-0.3, -0.25) is 9.00 Å². The fourth-order valence-corrected chi connectivity index (χ4v) is 5.36. The lowest BCUT2D eigenvalue weighted by Gasteiger charge is -2.30. The van der Waals surface area contributed by atoms with Crippen LogP contribution in [-0.2, 0) is 22.0 Å². The Bertz CT molecular complexity index is 444. The van der Waals surface area contributed by atoms with Gasteiger partial charge in [0.1, 0.15) is 4.08 Å². The van der Waals surface area contributed by atoms with Gasteiger partial charge in [0.15, 0.2) is 5.78 Å². The van der Waals surface area contributed by atoms with Gasteiger partial charge in [-0.1, -0.05) is 30.3 Å². The molecule has 0 radical (unpaired) electrons. The van der Waals surface area contributed by atoms with Crippen LogP contribution in [0.15, 0.2) is 30.3 Å². The lowest BCUT2D eigenvalue weighted by atomic mass is 10.1. The Morgan fingerprint density at radius 1 is 1.39 bits per heavy atom. The van der Waals surface area contributed by atoms with Gasteiger partial charge >= 0.3 is 0 Å². The van der Waals surface area contributed by atoms with E-state index in [2.05, 4.69) is 0 Å². The summed E-state index contributed by atoms with van der Waals surface area (Å²) in [5.74, 6) is 1.74. The SMILES string of the molecule is C[C@]1(C(=O)CCc2ccccc2)SCCC[S@]1=O. The third-order valence-electron chi connectivity index (χ3n) is 3.28. The summed E-state index contributed by atoms with van der Waals surface area (Å²) in [4.78, 5) is 12.3. The van der Waals surface area contributed by atoms with E-state index < -0.39 is 14.9 Å². The highest BCUT2D eigenvalue weighted by Crippen LogP contribution is 2.36. The van der Waals surface area contributed by atoms with Crippen LogP contribution in [0.1, 0.15) is 25.3 Å². The topological polar surface area (TPSA) is 34.1 Å². The number of hydrogen-bond donors (Lipinski definition) is 0. The summed E-state index contributed by atoms with van der Waals surface area (Å²) in [7, 11) is -1.02. The van der Waals surface area contributed by atoms with Gasteiger partial charge in [-0.25, -0.2) is 0 Å². The van der Waals surface area contributed by atoms with Crippen molar-refractivity contribution in [2.24, 2.45) is 0 Å². The van der Waals surface area contributed by atoms with Crippen LogP contribution in [-0.4, -0.2) is 25.6 Å². The number of carbonyl (C=O) groups excluding carboxylic acids is 1. The van der Waals surface area contributed by atoms with Crippen molar-refractivity contribution in [3.8, 4) is 0 Å². The molecular weight excluding hydrogens is 264 g/mol. The van der Waals surface area contributed by atoms with E-state index in [0.29, 0.717) is 12.2 Å². The first-order chi connectivity index (χ1) is 8.63. The first-order valence-corrected chi connectivity index (χ1v) is 8.53. The number of aryl methyl sites for hydroxylation is 1. The summed E-state index contributed by atoms with van der Waals surface area (Å²) < 4.78 is 11.4. The Balaban J connectivity index is 1.97. The van der Waals surface area contributed by atoms with Crippen LogP contribution in [0.4, 0.5) is 0 Å². The molecule has 1 fully saturated rings. The van der Waals surface area contributed by atoms with E-state index in [1.54, 1.807) is 11.8 Å². The summed E-state index contributed by atoms with van der Waals surface area (Å²) in [5.41, 5.74) is 1.17. The summed E-state index contributed by atoms with van der Waals surface area (Å²) in [5, 5.41) is 0. The van der Waals surface area contributed by atoms with Crippen LogP contribution in [0.2, 0.25) is 0 Å². The van der Waals surface area contributed by atoms with Crippen molar-refractivity contribution in [3.63, 3.8) is 0 Å². The summed E-state index contributed by atoms with van der Waals surface area (Å²) >= 11 is 1.57. The number of ketones is 1. The van der Waals surface area contributed by atoms with Crippen LogP contribution < -0.4 is 0 Å². The van der Waals surface area contributed by atoms with E-state index in [1.807, 2.05) is 37.3 Å². The fourth-order valence-electron chi connectivity index (χ4n) is 2.05. The molecule has 0 aliphatic carbocycles. The minimum absolute atomic E-state index is 0.134. The fraction of sp³-hybridized carbons (Fsp3) is 0.500. The zero-order valence-corrected chi connectivity index (χ0v) is 12.2. The maximum Gasteiger partial charge on any atom is 0.161 e. The second kappa shape index (κ2) is 6.02. The molecule has 1 heterocycles. The Labute approximate surface area is 115 Å². The molecule has 1 aromatic rings. The molecule has 0 unspecified atom stereocenters. The molecule has 2 atom stereocenters. The number of rotatable bonds is 4. The van der Waals surface area contributed by atoms with Gasteiger partial charge in [0.05, 0.1) is 0 Å². The molecule has 1 aliphatic heterocycles. The highest BCUT2D eigenvalue weighted by atomic mass is 32.2. The molecule has 1 aromatic carbocycles. The molecule has 1 aliphatic rings. The molecule has 18 heavy (non-hydrogen) atoms. The summed E-state index contributed by atoms with van der Waals surface area (Å²) in [6.07, 6.45) is 2.19. The van der Waals surface area contributed by atoms with E-state index >= 15 is 0 Å². The molecular formula is C14H18O2S2. The highest BCUT2D eigenvalue weighted by Gasteiger charge is 2.41. The van der Waals surface area contributed by atoms with Gasteiger partial charge in [-0.15, -0.1) is 11.8 Å². The molecule has 2 nitrogen and oxygen atoms in total. The molecule has 0 amide bonds. The van der Waals surface area contributed by atoms with Crippen LogP contribution >= 0.6 is 11.8 Å². The molecule has 0 saturated carbocycles. The number of carbonyl (C=O) groups is 1. The highest BCUT2D eigenvalue weighted by molar-refractivity contribution is 8.14. The normalized spacial score (nSPS) is 27.9. The molecule has 1 saturated heterocycles. The monoisotopic (exact) mass is 282 g/mol. The quantitative estimate of drug-likeness (QED) is 0.851. The average molecular weight is 282 g/mol. The summed E-state index contributed by atoms with van der Waals surface area (Å²) in [6, 6.07) is 9.99. The Hall–Kier alpha value is -0.610. The van der Waals surface area contributed by atoms with Gasteiger partial charge in [0.25, 0.3) is 0 Å². The number of benzene rings is 1. The number of Topliss-reactive ketones (excluding diaryl/α,β-unsaturated/α-hetero) is 1. The van der Waals surface area contributed by atoms with E-state index in [0.717, 1.165) is 18.6 Å².